The van der Waals surface area contributed by atoms with Gasteiger partial charge in [-0.15, -0.1) is 0 Å². The van der Waals surface area contributed by atoms with Crippen LogP contribution in [0.4, 0.5) is 10.5 Å². The van der Waals surface area contributed by atoms with E-state index in [2.05, 4.69) is 29.5 Å². The van der Waals surface area contributed by atoms with Gasteiger partial charge in [-0.25, -0.2) is 14.6 Å². The van der Waals surface area contributed by atoms with Gasteiger partial charge in [-0.3, -0.25) is 4.79 Å². The van der Waals surface area contributed by atoms with Crippen LogP contribution in [0.15, 0.2) is 42.6 Å². The summed E-state index contributed by atoms with van der Waals surface area (Å²) < 4.78 is 0. The van der Waals surface area contributed by atoms with E-state index in [9.17, 15) is 14.4 Å². The fraction of sp³-hybridized carbons (Fsp3) is 0.481. The summed E-state index contributed by atoms with van der Waals surface area (Å²) >= 11 is 0. The Morgan fingerprint density at radius 3 is 2.31 bits per heavy atom. The average Bonchev–Trinajstić information content (AvgIpc) is 3.35. The number of amides is 3. The maximum Gasteiger partial charge on any atom is 0.354 e. The van der Waals surface area contributed by atoms with E-state index in [1.807, 2.05) is 30.3 Å². The maximum atomic E-state index is 13.1. The Morgan fingerprint density at radius 1 is 1.00 bits per heavy atom. The molecule has 0 radical (unpaired) electrons. The largest absolute Gasteiger partial charge is 0.477 e. The first-order valence-corrected chi connectivity index (χ1v) is 12.5. The van der Waals surface area contributed by atoms with E-state index in [4.69, 9.17) is 5.11 Å². The van der Waals surface area contributed by atoms with E-state index in [1.54, 1.807) is 17.2 Å². The first kappa shape index (κ1) is 24.7. The molecule has 1 aromatic carbocycles. The van der Waals surface area contributed by atoms with Gasteiger partial charge in [-0.1, -0.05) is 32.0 Å². The highest BCUT2D eigenvalue weighted by atomic mass is 16.4. The van der Waals surface area contributed by atoms with Crippen molar-refractivity contribution in [2.45, 2.75) is 76.3 Å². The lowest BCUT2D eigenvalue weighted by Crippen LogP contribution is -2.50. The number of rotatable bonds is 6. The molecule has 1 aliphatic carbocycles. The third-order valence-electron chi connectivity index (χ3n) is 7.20. The highest BCUT2D eigenvalue weighted by molar-refractivity contribution is 5.94. The molecule has 8 heteroatoms. The number of urea groups is 1. The zero-order valence-corrected chi connectivity index (χ0v) is 20.4. The van der Waals surface area contributed by atoms with E-state index in [1.165, 1.54) is 5.56 Å². The van der Waals surface area contributed by atoms with Crippen LogP contribution < -0.4 is 10.6 Å². The van der Waals surface area contributed by atoms with Crippen LogP contribution in [0, 0.1) is 0 Å². The van der Waals surface area contributed by atoms with Crippen molar-refractivity contribution in [2.24, 2.45) is 0 Å². The van der Waals surface area contributed by atoms with Gasteiger partial charge in [-0.2, -0.15) is 0 Å². The number of nitrogens with zero attached hydrogens (tertiary/aromatic N) is 2. The zero-order valence-electron chi connectivity index (χ0n) is 20.4. The molecule has 0 spiro atoms. The molecule has 0 bridgehead atoms. The van der Waals surface area contributed by atoms with Crippen LogP contribution in [0.2, 0.25) is 0 Å². The molecule has 4 rings (SSSR count). The molecule has 8 nitrogen and oxygen atoms in total. The standard InChI is InChI=1S/C27H34N4O4/c1-17(2)18-5-10-22(11-6-18)30-27(35)31-15-3-4-24(31)25(32)29-21-12-7-19(8-13-21)20-9-14-23(26(33)34)28-16-20/h5-6,9-11,14,16-17,19,21,24H,3-4,7-8,12-13,15H2,1-2H3,(H,29,32)(H,30,35)(H,33,34)/t19?,21?,24-/m1/s1. The number of hydrogen-bond acceptors (Lipinski definition) is 4. The van der Waals surface area contributed by atoms with Crippen LogP contribution in [0.1, 0.15) is 85.8 Å². The van der Waals surface area contributed by atoms with Crippen LogP contribution in [0.5, 0.6) is 0 Å². The first-order chi connectivity index (χ1) is 16.8. The molecule has 2 fully saturated rings. The second-order valence-corrected chi connectivity index (χ2v) is 9.90. The van der Waals surface area contributed by atoms with Crippen LogP contribution in [-0.4, -0.2) is 51.5 Å². The summed E-state index contributed by atoms with van der Waals surface area (Å²) in [6, 6.07) is 10.6. The zero-order chi connectivity index (χ0) is 24.9. The lowest BCUT2D eigenvalue weighted by atomic mass is 9.82. The molecule has 0 unspecified atom stereocenters. The van der Waals surface area contributed by atoms with Gasteiger partial charge < -0.3 is 20.6 Å². The van der Waals surface area contributed by atoms with Crippen molar-refractivity contribution in [1.82, 2.24) is 15.2 Å². The van der Waals surface area contributed by atoms with E-state index in [0.717, 1.165) is 43.4 Å². The average molecular weight is 479 g/mol. The third-order valence-corrected chi connectivity index (χ3v) is 7.20. The van der Waals surface area contributed by atoms with Gasteiger partial charge in [0.05, 0.1) is 0 Å². The lowest BCUT2D eigenvalue weighted by molar-refractivity contribution is -0.125. The van der Waals surface area contributed by atoms with Gasteiger partial charge in [0.25, 0.3) is 0 Å². The minimum Gasteiger partial charge on any atom is -0.477 e. The number of aromatic nitrogens is 1. The van der Waals surface area contributed by atoms with Gasteiger partial charge in [-0.05, 0) is 79.7 Å². The number of anilines is 1. The van der Waals surface area contributed by atoms with Crippen LogP contribution in [-0.2, 0) is 4.79 Å². The predicted molar refractivity (Wildman–Crippen MR) is 134 cm³/mol. The fourth-order valence-corrected chi connectivity index (χ4v) is 5.07. The smallest absolute Gasteiger partial charge is 0.354 e. The van der Waals surface area contributed by atoms with E-state index < -0.39 is 12.0 Å². The molecule has 2 aromatic rings. The highest BCUT2D eigenvalue weighted by Crippen LogP contribution is 2.33. The fourth-order valence-electron chi connectivity index (χ4n) is 5.07. The third kappa shape index (κ3) is 5.99. The van der Waals surface area contributed by atoms with Crippen molar-refractivity contribution in [3.05, 3.63) is 59.4 Å². The Balaban J connectivity index is 1.28. The normalized spacial score (nSPS) is 22.1. The van der Waals surface area contributed by atoms with Crippen molar-refractivity contribution in [2.75, 3.05) is 11.9 Å². The summed E-state index contributed by atoms with van der Waals surface area (Å²) in [6.45, 7) is 4.83. The van der Waals surface area contributed by atoms with Gasteiger partial charge in [0.1, 0.15) is 11.7 Å². The molecule has 3 N–H and O–H groups in total. The molecule has 186 valence electrons. The number of likely N-dealkylation sites (tertiary alicyclic amines) is 1. The molecule has 2 heterocycles. The first-order valence-electron chi connectivity index (χ1n) is 12.5. The topological polar surface area (TPSA) is 112 Å². The van der Waals surface area contributed by atoms with E-state index in [0.29, 0.717) is 24.8 Å². The molecular weight excluding hydrogens is 444 g/mol. The summed E-state index contributed by atoms with van der Waals surface area (Å²) in [5, 5.41) is 15.1. The SMILES string of the molecule is CC(C)c1ccc(NC(=O)N2CCC[C@@H]2C(=O)NC2CCC(c3ccc(C(=O)O)nc3)CC2)cc1. The highest BCUT2D eigenvalue weighted by Gasteiger charge is 2.35. The van der Waals surface area contributed by atoms with Crippen LogP contribution in [0.3, 0.4) is 0 Å². The van der Waals surface area contributed by atoms with Gasteiger partial charge in [0.2, 0.25) is 5.91 Å². The quantitative estimate of drug-likeness (QED) is 0.555. The number of hydrogen-bond donors (Lipinski definition) is 3. The molecule has 35 heavy (non-hydrogen) atoms. The Hall–Kier alpha value is -3.42. The number of benzene rings is 1. The Bertz CT molecular complexity index is 1040. The number of pyridine rings is 1. The molecule has 3 amide bonds. The predicted octanol–water partition coefficient (Wildman–Crippen LogP) is 4.74. The summed E-state index contributed by atoms with van der Waals surface area (Å²) in [5.74, 6) is -0.365. The van der Waals surface area contributed by atoms with Crippen molar-refractivity contribution in [3.8, 4) is 0 Å². The Labute approximate surface area is 206 Å². The van der Waals surface area contributed by atoms with Crippen molar-refractivity contribution in [3.63, 3.8) is 0 Å². The van der Waals surface area contributed by atoms with Crippen LogP contribution in [0.25, 0.3) is 0 Å². The van der Waals surface area contributed by atoms with Crippen molar-refractivity contribution < 1.29 is 19.5 Å². The minimum atomic E-state index is -1.03. The molecule has 2 aliphatic rings. The summed E-state index contributed by atoms with van der Waals surface area (Å²) in [4.78, 5) is 42.6. The maximum absolute atomic E-state index is 13.1. The lowest BCUT2D eigenvalue weighted by Gasteiger charge is -2.31. The minimum absolute atomic E-state index is 0.0485. The Kier molecular flexibility index (Phi) is 7.68. The molecule has 1 saturated carbocycles. The summed E-state index contributed by atoms with van der Waals surface area (Å²) in [6.07, 6.45) is 6.63. The summed E-state index contributed by atoms with van der Waals surface area (Å²) in [7, 11) is 0. The molecule has 1 aromatic heterocycles. The van der Waals surface area contributed by atoms with E-state index in [-0.39, 0.29) is 23.7 Å². The van der Waals surface area contributed by atoms with E-state index >= 15 is 0 Å². The van der Waals surface area contributed by atoms with Gasteiger partial charge in [0.15, 0.2) is 0 Å². The Morgan fingerprint density at radius 2 is 1.71 bits per heavy atom. The molecule has 1 saturated heterocycles. The number of carboxylic acid groups (broad SMARTS) is 1. The van der Waals surface area contributed by atoms with Crippen molar-refractivity contribution >= 4 is 23.6 Å². The number of aromatic carboxylic acids is 1. The van der Waals surface area contributed by atoms with Gasteiger partial charge >= 0.3 is 12.0 Å². The summed E-state index contributed by atoms with van der Waals surface area (Å²) in [5.41, 5.74) is 3.03. The number of nitrogens with one attached hydrogen (secondary N) is 2. The molecular formula is C27H34N4O4. The second kappa shape index (κ2) is 10.9. The van der Waals surface area contributed by atoms with Crippen molar-refractivity contribution in [1.29, 1.82) is 0 Å². The second-order valence-electron chi connectivity index (χ2n) is 9.90. The number of carboxylic acids is 1. The number of carbonyl (C=O) groups excluding carboxylic acids is 2. The number of carbonyl (C=O) groups is 3. The molecule has 1 aliphatic heterocycles. The van der Waals surface area contributed by atoms with Crippen LogP contribution >= 0.6 is 0 Å². The molecule has 1 atom stereocenters. The van der Waals surface area contributed by atoms with Gasteiger partial charge in [0, 0.05) is 24.5 Å². The monoisotopic (exact) mass is 478 g/mol.